The van der Waals surface area contributed by atoms with Crippen LogP contribution in [0, 0.1) is 0 Å². The Morgan fingerprint density at radius 3 is 1.78 bits per heavy atom. The zero-order chi connectivity index (χ0) is 7.49. The Morgan fingerprint density at radius 1 is 1.22 bits per heavy atom. The lowest BCUT2D eigenvalue weighted by atomic mass is 10.0. The lowest BCUT2D eigenvalue weighted by Crippen LogP contribution is -2.35. The fourth-order valence-corrected chi connectivity index (χ4v) is 0.557. The Balaban J connectivity index is 4.01. The highest BCUT2D eigenvalue weighted by Gasteiger charge is 2.14. The van der Waals surface area contributed by atoms with Gasteiger partial charge in [-0.3, -0.25) is 0 Å². The first-order valence-corrected chi connectivity index (χ1v) is 3.32. The highest BCUT2D eigenvalue weighted by atomic mass is 15.1. The van der Waals surface area contributed by atoms with Crippen molar-refractivity contribution in [2.45, 2.75) is 26.3 Å². The highest BCUT2D eigenvalue weighted by molar-refractivity contribution is 4.99. The van der Waals surface area contributed by atoms with Crippen molar-refractivity contribution in [3.05, 3.63) is 12.2 Å². The number of likely N-dealkylation sites (N-methyl/N-ethyl adjacent to an activating group) is 1. The summed E-state index contributed by atoms with van der Waals surface area (Å²) in [6, 6.07) is 0. The Kier molecular flexibility index (Phi) is 2.92. The van der Waals surface area contributed by atoms with Gasteiger partial charge in [0.1, 0.15) is 0 Å². The lowest BCUT2D eigenvalue weighted by molar-refractivity contribution is 0.252. The van der Waals surface area contributed by atoms with Crippen LogP contribution in [0.4, 0.5) is 0 Å². The Labute approximate surface area is 58.4 Å². The van der Waals surface area contributed by atoms with Crippen LogP contribution in [-0.2, 0) is 0 Å². The van der Waals surface area contributed by atoms with Crippen molar-refractivity contribution in [1.82, 2.24) is 4.90 Å². The Hall–Kier alpha value is -0.300. The molecular weight excluding hydrogens is 110 g/mol. The van der Waals surface area contributed by atoms with E-state index in [1.165, 1.54) is 0 Å². The van der Waals surface area contributed by atoms with E-state index >= 15 is 0 Å². The maximum Gasteiger partial charge on any atom is 0.0328 e. The molecule has 0 fully saturated rings. The average Bonchev–Trinajstić information content (AvgIpc) is 1.65. The number of allylic oxidation sites excluding steroid dienone is 1. The van der Waals surface area contributed by atoms with Gasteiger partial charge in [-0.2, -0.15) is 0 Å². The molecule has 54 valence electrons. The maximum absolute atomic E-state index is 2.19. The Morgan fingerprint density at radius 2 is 1.67 bits per heavy atom. The van der Waals surface area contributed by atoms with E-state index in [-0.39, 0.29) is 5.54 Å². The largest absolute Gasteiger partial charge is 0.301 e. The molecule has 0 spiro atoms. The third-order valence-corrected chi connectivity index (χ3v) is 1.73. The summed E-state index contributed by atoms with van der Waals surface area (Å²) >= 11 is 0. The predicted molar refractivity (Wildman–Crippen MR) is 42.6 cm³/mol. The molecule has 0 aromatic rings. The molecule has 0 atom stereocenters. The summed E-state index contributed by atoms with van der Waals surface area (Å²) in [7, 11) is 4.17. The van der Waals surface area contributed by atoms with Crippen molar-refractivity contribution >= 4 is 0 Å². The molecule has 0 aromatic heterocycles. The summed E-state index contributed by atoms with van der Waals surface area (Å²) in [5.41, 5.74) is 0.203. The molecule has 0 amide bonds. The fourth-order valence-electron chi connectivity index (χ4n) is 0.557. The topological polar surface area (TPSA) is 3.24 Å². The second-order valence-electron chi connectivity index (χ2n) is 3.05. The molecule has 1 heteroatoms. The smallest absolute Gasteiger partial charge is 0.0328 e. The zero-order valence-corrected chi connectivity index (χ0v) is 7.10. The normalized spacial score (nSPS) is 13.6. The number of hydrogen-bond donors (Lipinski definition) is 0. The number of nitrogens with zero attached hydrogens (tertiary/aromatic N) is 1. The van der Waals surface area contributed by atoms with Gasteiger partial charge < -0.3 is 4.90 Å². The first-order valence-electron chi connectivity index (χ1n) is 3.32. The van der Waals surface area contributed by atoms with Gasteiger partial charge >= 0.3 is 0 Å². The average molecular weight is 127 g/mol. The van der Waals surface area contributed by atoms with Gasteiger partial charge in [-0.05, 0) is 34.9 Å². The van der Waals surface area contributed by atoms with E-state index in [0.29, 0.717) is 0 Å². The molecule has 0 saturated carbocycles. The summed E-state index contributed by atoms with van der Waals surface area (Å²) in [4.78, 5) is 2.19. The minimum Gasteiger partial charge on any atom is -0.301 e. The standard InChI is InChI=1S/C8H17N/c1-6-7-8(2,3)9(4)5/h6-7H,1-5H3. The van der Waals surface area contributed by atoms with Crippen LogP contribution in [0.2, 0.25) is 0 Å². The zero-order valence-electron chi connectivity index (χ0n) is 7.10. The van der Waals surface area contributed by atoms with Gasteiger partial charge in [-0.15, -0.1) is 0 Å². The summed E-state index contributed by atoms with van der Waals surface area (Å²) in [6.07, 6.45) is 4.27. The van der Waals surface area contributed by atoms with Gasteiger partial charge in [0.25, 0.3) is 0 Å². The van der Waals surface area contributed by atoms with Crippen LogP contribution in [0.3, 0.4) is 0 Å². The lowest BCUT2D eigenvalue weighted by Gasteiger charge is -2.28. The van der Waals surface area contributed by atoms with Crippen LogP contribution in [-0.4, -0.2) is 24.5 Å². The molecule has 0 bridgehead atoms. The highest BCUT2D eigenvalue weighted by Crippen LogP contribution is 2.10. The second-order valence-corrected chi connectivity index (χ2v) is 3.05. The van der Waals surface area contributed by atoms with Crippen molar-refractivity contribution in [2.75, 3.05) is 14.1 Å². The Bertz CT molecular complexity index is 101. The van der Waals surface area contributed by atoms with E-state index in [1.807, 2.05) is 6.92 Å². The summed E-state index contributed by atoms with van der Waals surface area (Å²) in [5.74, 6) is 0. The SMILES string of the molecule is CC=CC(C)(C)N(C)C. The molecular formula is C8H17N. The molecule has 0 saturated heterocycles. The molecule has 0 unspecified atom stereocenters. The van der Waals surface area contributed by atoms with Gasteiger partial charge in [-0.1, -0.05) is 12.2 Å². The molecule has 0 aliphatic rings. The van der Waals surface area contributed by atoms with Crippen molar-refractivity contribution in [2.24, 2.45) is 0 Å². The molecule has 0 rings (SSSR count). The van der Waals surface area contributed by atoms with Crippen LogP contribution < -0.4 is 0 Å². The van der Waals surface area contributed by atoms with Crippen LogP contribution in [0.5, 0.6) is 0 Å². The number of rotatable bonds is 2. The van der Waals surface area contributed by atoms with Crippen molar-refractivity contribution in [3.8, 4) is 0 Å². The molecule has 0 aromatic carbocycles. The fraction of sp³-hybridized carbons (Fsp3) is 0.750. The first-order chi connectivity index (χ1) is 4.00. The summed E-state index contributed by atoms with van der Waals surface area (Å²) in [5, 5.41) is 0. The van der Waals surface area contributed by atoms with E-state index in [4.69, 9.17) is 0 Å². The van der Waals surface area contributed by atoms with Crippen LogP contribution in [0.1, 0.15) is 20.8 Å². The van der Waals surface area contributed by atoms with Crippen LogP contribution in [0.25, 0.3) is 0 Å². The quantitative estimate of drug-likeness (QED) is 0.512. The van der Waals surface area contributed by atoms with Gasteiger partial charge in [0.2, 0.25) is 0 Å². The number of hydrogen-bond acceptors (Lipinski definition) is 1. The molecule has 0 aliphatic heterocycles. The van der Waals surface area contributed by atoms with Crippen LogP contribution in [0.15, 0.2) is 12.2 Å². The van der Waals surface area contributed by atoms with E-state index < -0.39 is 0 Å². The van der Waals surface area contributed by atoms with Gasteiger partial charge in [0, 0.05) is 5.54 Å². The third-order valence-electron chi connectivity index (χ3n) is 1.73. The van der Waals surface area contributed by atoms with Crippen molar-refractivity contribution < 1.29 is 0 Å². The minimum atomic E-state index is 0.203. The van der Waals surface area contributed by atoms with Crippen molar-refractivity contribution in [1.29, 1.82) is 0 Å². The molecule has 0 aliphatic carbocycles. The van der Waals surface area contributed by atoms with E-state index in [0.717, 1.165) is 0 Å². The molecule has 0 N–H and O–H groups in total. The monoisotopic (exact) mass is 127 g/mol. The molecule has 1 nitrogen and oxygen atoms in total. The molecule has 0 radical (unpaired) electrons. The molecule has 9 heavy (non-hydrogen) atoms. The predicted octanol–water partition coefficient (Wildman–Crippen LogP) is 1.90. The van der Waals surface area contributed by atoms with Gasteiger partial charge in [-0.25, -0.2) is 0 Å². The van der Waals surface area contributed by atoms with Gasteiger partial charge in [0.15, 0.2) is 0 Å². The minimum absolute atomic E-state index is 0.203. The first kappa shape index (κ1) is 8.70. The second kappa shape index (κ2) is 3.02. The van der Waals surface area contributed by atoms with Gasteiger partial charge in [0.05, 0.1) is 0 Å². The van der Waals surface area contributed by atoms with Crippen molar-refractivity contribution in [3.63, 3.8) is 0 Å². The third kappa shape index (κ3) is 2.66. The van der Waals surface area contributed by atoms with E-state index in [1.54, 1.807) is 0 Å². The van der Waals surface area contributed by atoms with E-state index in [9.17, 15) is 0 Å². The molecule has 0 heterocycles. The maximum atomic E-state index is 2.19. The van der Waals surface area contributed by atoms with E-state index in [2.05, 4.69) is 45.0 Å². The van der Waals surface area contributed by atoms with Crippen LogP contribution >= 0.6 is 0 Å². The summed E-state index contributed by atoms with van der Waals surface area (Å²) < 4.78 is 0. The summed E-state index contributed by atoms with van der Waals surface area (Å²) in [6.45, 7) is 6.42.